The van der Waals surface area contributed by atoms with Crippen LogP contribution in [-0.4, -0.2) is 0 Å². The van der Waals surface area contributed by atoms with Crippen LogP contribution in [0.1, 0.15) is 25.7 Å². The Morgan fingerprint density at radius 2 is 1.14 bits per heavy atom. The molecule has 14 heavy (non-hydrogen) atoms. The molecule has 0 bridgehead atoms. The molecule has 68 valence electrons. The Labute approximate surface area is 84.0 Å². The summed E-state index contributed by atoms with van der Waals surface area (Å²) in [5, 5.41) is 0. The third-order valence-corrected chi connectivity index (χ3v) is 3.88. The largest absolute Gasteiger partial charge is 0.0798 e. The molecule has 0 saturated heterocycles. The van der Waals surface area contributed by atoms with Gasteiger partial charge in [0.15, 0.2) is 0 Å². The zero-order chi connectivity index (χ0) is 9.12. The fourth-order valence-corrected chi connectivity index (χ4v) is 3.24. The highest BCUT2D eigenvalue weighted by molar-refractivity contribution is 5.68. The molecule has 4 aliphatic carbocycles. The Hall–Kier alpha value is -1.30. The standard InChI is InChI=1S/C14H12/c1-3-9-7-14-12-6-2-4-10(12)8-13(14)11(9)5-1/h1-4H,5-8H2. The Morgan fingerprint density at radius 1 is 0.643 bits per heavy atom. The summed E-state index contributed by atoms with van der Waals surface area (Å²) in [4.78, 5) is 0. The van der Waals surface area contributed by atoms with Crippen molar-refractivity contribution >= 4 is 0 Å². The van der Waals surface area contributed by atoms with Crippen molar-refractivity contribution in [2.45, 2.75) is 25.7 Å². The SMILES string of the molecule is C1=CC2=C(C1)C1=C(C2)C2=C(C=CC2)C1. The first kappa shape index (κ1) is 7.05. The van der Waals surface area contributed by atoms with E-state index in [-0.39, 0.29) is 0 Å². The number of allylic oxidation sites excluding steroid dienone is 10. The number of hydrogen-bond donors (Lipinski definition) is 0. The average Bonchev–Trinajstić information content (AvgIpc) is 2.80. The van der Waals surface area contributed by atoms with E-state index in [1.54, 1.807) is 33.4 Å². The van der Waals surface area contributed by atoms with E-state index in [4.69, 9.17) is 0 Å². The Kier molecular flexibility index (Phi) is 1.11. The maximum atomic E-state index is 2.33. The van der Waals surface area contributed by atoms with Gasteiger partial charge in [0, 0.05) is 0 Å². The van der Waals surface area contributed by atoms with Crippen LogP contribution in [0.15, 0.2) is 57.7 Å². The normalized spacial score (nSPS) is 26.9. The zero-order valence-corrected chi connectivity index (χ0v) is 8.14. The van der Waals surface area contributed by atoms with Gasteiger partial charge >= 0.3 is 0 Å². The maximum absolute atomic E-state index is 2.33. The summed E-state index contributed by atoms with van der Waals surface area (Å²) < 4.78 is 0. The summed E-state index contributed by atoms with van der Waals surface area (Å²) >= 11 is 0. The van der Waals surface area contributed by atoms with Crippen LogP contribution >= 0.6 is 0 Å². The molecule has 0 radical (unpaired) electrons. The van der Waals surface area contributed by atoms with Gasteiger partial charge < -0.3 is 0 Å². The fourth-order valence-electron chi connectivity index (χ4n) is 3.24. The first-order chi connectivity index (χ1) is 6.93. The minimum Gasteiger partial charge on any atom is -0.0798 e. The van der Waals surface area contributed by atoms with Crippen molar-refractivity contribution in [2.24, 2.45) is 0 Å². The second-order valence-electron chi connectivity index (χ2n) is 4.53. The lowest BCUT2D eigenvalue weighted by molar-refractivity contribution is 1.15. The van der Waals surface area contributed by atoms with Crippen molar-refractivity contribution in [3.05, 3.63) is 57.7 Å². The summed E-state index contributed by atoms with van der Waals surface area (Å²) in [6, 6.07) is 0. The third-order valence-electron chi connectivity index (χ3n) is 3.88. The van der Waals surface area contributed by atoms with Gasteiger partial charge in [-0.1, -0.05) is 24.3 Å². The van der Waals surface area contributed by atoms with E-state index in [0.717, 1.165) is 0 Å². The molecule has 0 aromatic rings. The van der Waals surface area contributed by atoms with E-state index in [1.165, 1.54) is 25.7 Å². The monoisotopic (exact) mass is 180 g/mol. The van der Waals surface area contributed by atoms with Crippen LogP contribution in [0.5, 0.6) is 0 Å². The van der Waals surface area contributed by atoms with E-state index in [1.807, 2.05) is 0 Å². The van der Waals surface area contributed by atoms with Crippen molar-refractivity contribution < 1.29 is 0 Å². The molecule has 0 nitrogen and oxygen atoms in total. The van der Waals surface area contributed by atoms with Crippen molar-refractivity contribution in [3.63, 3.8) is 0 Å². The predicted octanol–water partition coefficient (Wildman–Crippen LogP) is 3.60. The van der Waals surface area contributed by atoms with Crippen molar-refractivity contribution in [3.8, 4) is 0 Å². The van der Waals surface area contributed by atoms with Crippen LogP contribution in [0, 0.1) is 0 Å². The highest BCUT2D eigenvalue weighted by Crippen LogP contribution is 2.51. The lowest BCUT2D eigenvalue weighted by atomic mass is 10.0. The second kappa shape index (κ2) is 2.20. The van der Waals surface area contributed by atoms with Gasteiger partial charge in [-0.05, 0) is 59.1 Å². The van der Waals surface area contributed by atoms with E-state index in [9.17, 15) is 0 Å². The average molecular weight is 180 g/mol. The molecule has 4 rings (SSSR count). The molecule has 4 aliphatic rings. The number of hydrogen-bond acceptors (Lipinski definition) is 0. The van der Waals surface area contributed by atoms with Crippen molar-refractivity contribution in [1.29, 1.82) is 0 Å². The van der Waals surface area contributed by atoms with Crippen LogP contribution in [0.4, 0.5) is 0 Å². The molecule has 0 unspecified atom stereocenters. The molecule has 0 amide bonds. The van der Waals surface area contributed by atoms with Gasteiger partial charge in [0.25, 0.3) is 0 Å². The topological polar surface area (TPSA) is 0 Å². The van der Waals surface area contributed by atoms with Gasteiger partial charge in [-0.3, -0.25) is 0 Å². The fraction of sp³-hybridized carbons (Fsp3) is 0.286. The molecule has 0 aromatic carbocycles. The molecule has 0 atom stereocenters. The van der Waals surface area contributed by atoms with Gasteiger partial charge in [-0.25, -0.2) is 0 Å². The molecular formula is C14H12. The van der Waals surface area contributed by atoms with Gasteiger partial charge in [0.2, 0.25) is 0 Å². The van der Waals surface area contributed by atoms with Gasteiger partial charge in [-0.15, -0.1) is 0 Å². The molecule has 0 fully saturated rings. The van der Waals surface area contributed by atoms with Crippen LogP contribution in [0.2, 0.25) is 0 Å². The van der Waals surface area contributed by atoms with E-state index in [2.05, 4.69) is 24.3 Å². The summed E-state index contributed by atoms with van der Waals surface area (Å²) in [6.07, 6.45) is 14.1. The Balaban J connectivity index is 1.80. The lowest BCUT2D eigenvalue weighted by Crippen LogP contribution is -1.84. The minimum atomic E-state index is 1.19. The van der Waals surface area contributed by atoms with Crippen molar-refractivity contribution in [2.75, 3.05) is 0 Å². The Bertz CT molecular complexity index is 444. The quantitative estimate of drug-likeness (QED) is 0.534. The first-order valence-corrected chi connectivity index (χ1v) is 5.43. The number of rotatable bonds is 0. The van der Waals surface area contributed by atoms with Gasteiger partial charge in [0.1, 0.15) is 0 Å². The second-order valence-corrected chi connectivity index (χ2v) is 4.53. The number of fused-ring (bicyclic) bond motifs is 2. The predicted molar refractivity (Wildman–Crippen MR) is 57.8 cm³/mol. The highest BCUT2D eigenvalue weighted by atomic mass is 14.4. The molecule has 0 heterocycles. The molecule has 0 aliphatic heterocycles. The first-order valence-electron chi connectivity index (χ1n) is 5.43. The summed E-state index contributed by atoms with van der Waals surface area (Å²) in [7, 11) is 0. The van der Waals surface area contributed by atoms with Crippen LogP contribution in [0.3, 0.4) is 0 Å². The van der Waals surface area contributed by atoms with E-state index < -0.39 is 0 Å². The lowest BCUT2D eigenvalue weighted by Gasteiger charge is -2.02. The van der Waals surface area contributed by atoms with Crippen LogP contribution in [-0.2, 0) is 0 Å². The van der Waals surface area contributed by atoms with Gasteiger partial charge in [-0.2, -0.15) is 0 Å². The smallest absolute Gasteiger partial charge is 0.00170 e. The van der Waals surface area contributed by atoms with Gasteiger partial charge in [0.05, 0.1) is 0 Å². The molecule has 0 spiro atoms. The summed E-state index contributed by atoms with van der Waals surface area (Å²) in [6.45, 7) is 0. The molecule has 0 saturated carbocycles. The highest BCUT2D eigenvalue weighted by Gasteiger charge is 2.32. The zero-order valence-electron chi connectivity index (χ0n) is 8.14. The van der Waals surface area contributed by atoms with Crippen LogP contribution in [0.25, 0.3) is 0 Å². The van der Waals surface area contributed by atoms with Crippen LogP contribution < -0.4 is 0 Å². The molecule has 0 N–H and O–H groups in total. The summed E-state index contributed by atoms with van der Waals surface area (Å²) in [5.41, 5.74) is 9.88. The Morgan fingerprint density at radius 3 is 1.64 bits per heavy atom. The van der Waals surface area contributed by atoms with E-state index in [0.29, 0.717) is 0 Å². The molecule has 0 heteroatoms. The molecule has 0 aromatic heterocycles. The maximum Gasteiger partial charge on any atom is -0.00170 e. The third kappa shape index (κ3) is 0.672. The minimum absolute atomic E-state index is 1.19. The van der Waals surface area contributed by atoms with E-state index >= 15 is 0 Å². The summed E-state index contributed by atoms with van der Waals surface area (Å²) in [5.74, 6) is 0. The molecular weight excluding hydrogens is 168 g/mol. The van der Waals surface area contributed by atoms with Crippen molar-refractivity contribution in [1.82, 2.24) is 0 Å².